The molecule has 2 aromatic rings. The molecule has 2 amide bonds. The Hall–Kier alpha value is -2.71. The standard InChI is InChI=1S/C21H24F3N3O3/c1-13-9-17(13)18-7-6-16(30-18)11-27(15-4-5-15)20(28)26-10-14-3-2-8-25-19(14)29-12-21(22,23)24/h2-3,6-8,13,15,17H,4-5,9-12H2,1H3,(H,26,28). The summed E-state index contributed by atoms with van der Waals surface area (Å²) in [5, 5.41) is 2.77. The van der Waals surface area contributed by atoms with E-state index in [1.807, 2.05) is 12.1 Å². The molecule has 0 bridgehead atoms. The monoisotopic (exact) mass is 423 g/mol. The second-order valence-electron chi connectivity index (χ2n) is 8.01. The van der Waals surface area contributed by atoms with E-state index in [1.54, 1.807) is 17.0 Å². The summed E-state index contributed by atoms with van der Waals surface area (Å²) in [4.78, 5) is 18.3. The van der Waals surface area contributed by atoms with Crippen LogP contribution in [0.5, 0.6) is 5.88 Å². The molecule has 2 atom stereocenters. The lowest BCUT2D eigenvalue weighted by Crippen LogP contribution is -2.40. The van der Waals surface area contributed by atoms with Gasteiger partial charge in [-0.3, -0.25) is 0 Å². The summed E-state index contributed by atoms with van der Waals surface area (Å²) < 4.78 is 48.0. The summed E-state index contributed by atoms with van der Waals surface area (Å²) >= 11 is 0. The molecule has 2 heterocycles. The Balaban J connectivity index is 1.36. The molecule has 2 aromatic heterocycles. The normalized spacial score (nSPS) is 20.7. The molecule has 2 saturated carbocycles. The van der Waals surface area contributed by atoms with Crippen molar-refractivity contribution in [2.24, 2.45) is 5.92 Å². The van der Waals surface area contributed by atoms with E-state index in [0.29, 0.717) is 23.9 Å². The third-order valence-corrected chi connectivity index (χ3v) is 5.38. The first-order chi connectivity index (χ1) is 14.3. The van der Waals surface area contributed by atoms with Crippen molar-refractivity contribution >= 4 is 6.03 Å². The van der Waals surface area contributed by atoms with E-state index in [-0.39, 0.29) is 24.5 Å². The number of ether oxygens (including phenoxy) is 1. The average molecular weight is 423 g/mol. The molecule has 4 rings (SSSR count). The van der Waals surface area contributed by atoms with Gasteiger partial charge >= 0.3 is 12.2 Å². The van der Waals surface area contributed by atoms with Gasteiger partial charge in [0.15, 0.2) is 6.61 Å². The molecule has 2 aliphatic rings. The first-order valence-corrected chi connectivity index (χ1v) is 10.1. The molecule has 2 aliphatic carbocycles. The highest BCUT2D eigenvalue weighted by Crippen LogP contribution is 2.47. The number of carbonyl (C=O) groups excluding carboxylic acids is 1. The minimum atomic E-state index is -4.46. The van der Waals surface area contributed by atoms with Crippen molar-refractivity contribution in [2.45, 2.75) is 57.4 Å². The van der Waals surface area contributed by atoms with Crippen LogP contribution in [0.25, 0.3) is 0 Å². The highest BCUT2D eigenvalue weighted by atomic mass is 19.4. The molecule has 0 aromatic carbocycles. The number of nitrogens with zero attached hydrogens (tertiary/aromatic N) is 2. The fourth-order valence-corrected chi connectivity index (χ4v) is 3.43. The molecular weight excluding hydrogens is 399 g/mol. The van der Waals surface area contributed by atoms with Gasteiger partial charge in [0, 0.05) is 30.3 Å². The predicted molar refractivity (Wildman–Crippen MR) is 102 cm³/mol. The number of alkyl halides is 3. The number of urea groups is 1. The molecule has 0 spiro atoms. The van der Waals surface area contributed by atoms with E-state index in [9.17, 15) is 18.0 Å². The molecule has 0 radical (unpaired) electrons. The van der Waals surface area contributed by atoms with Crippen LogP contribution in [0.4, 0.5) is 18.0 Å². The molecule has 162 valence electrons. The fraction of sp³-hybridized carbons (Fsp3) is 0.524. The summed E-state index contributed by atoms with van der Waals surface area (Å²) in [6.07, 6.45) is -0.131. The van der Waals surface area contributed by atoms with Gasteiger partial charge in [0.2, 0.25) is 5.88 Å². The Morgan fingerprint density at radius 1 is 1.33 bits per heavy atom. The number of pyridine rings is 1. The van der Waals surface area contributed by atoms with Crippen LogP contribution >= 0.6 is 0 Å². The summed E-state index contributed by atoms with van der Waals surface area (Å²) in [7, 11) is 0. The van der Waals surface area contributed by atoms with E-state index in [2.05, 4.69) is 17.2 Å². The molecule has 1 N–H and O–H groups in total. The minimum absolute atomic E-state index is 0.0199. The van der Waals surface area contributed by atoms with Crippen LogP contribution < -0.4 is 10.1 Å². The summed E-state index contributed by atoms with van der Waals surface area (Å²) in [6.45, 7) is 1.13. The molecule has 0 saturated heterocycles. The van der Waals surface area contributed by atoms with Gasteiger partial charge in [-0.25, -0.2) is 9.78 Å². The zero-order valence-electron chi connectivity index (χ0n) is 16.6. The first-order valence-electron chi connectivity index (χ1n) is 10.1. The van der Waals surface area contributed by atoms with Crippen LogP contribution in [0.3, 0.4) is 0 Å². The highest BCUT2D eigenvalue weighted by Gasteiger charge is 2.37. The molecule has 2 unspecified atom stereocenters. The number of rotatable bonds is 8. The number of amides is 2. The average Bonchev–Trinajstić information content (AvgIpc) is 3.62. The topological polar surface area (TPSA) is 67.6 Å². The van der Waals surface area contributed by atoms with Crippen molar-refractivity contribution in [2.75, 3.05) is 6.61 Å². The van der Waals surface area contributed by atoms with Crippen molar-refractivity contribution in [3.05, 3.63) is 47.5 Å². The van der Waals surface area contributed by atoms with Crippen molar-refractivity contribution in [3.63, 3.8) is 0 Å². The van der Waals surface area contributed by atoms with Crippen molar-refractivity contribution in [3.8, 4) is 5.88 Å². The molecule has 0 aliphatic heterocycles. The maximum atomic E-state index is 12.8. The van der Waals surface area contributed by atoms with Gasteiger partial charge in [-0.1, -0.05) is 13.0 Å². The van der Waals surface area contributed by atoms with Crippen LogP contribution in [0.2, 0.25) is 0 Å². The van der Waals surface area contributed by atoms with Crippen LogP contribution in [-0.4, -0.2) is 34.7 Å². The third-order valence-electron chi connectivity index (χ3n) is 5.38. The number of halogens is 3. The number of nitrogens with one attached hydrogen (secondary N) is 1. The second kappa shape index (κ2) is 8.20. The van der Waals surface area contributed by atoms with Gasteiger partial charge in [0.1, 0.15) is 11.5 Å². The minimum Gasteiger partial charge on any atom is -0.468 e. The van der Waals surface area contributed by atoms with Crippen LogP contribution in [0.15, 0.2) is 34.9 Å². The smallest absolute Gasteiger partial charge is 0.422 e. The summed E-state index contributed by atoms with van der Waals surface area (Å²) in [5.41, 5.74) is 0.383. The van der Waals surface area contributed by atoms with Gasteiger partial charge in [0.25, 0.3) is 0 Å². The highest BCUT2D eigenvalue weighted by molar-refractivity contribution is 5.75. The first kappa shape index (κ1) is 20.6. The lowest BCUT2D eigenvalue weighted by atomic mass is 10.2. The maximum Gasteiger partial charge on any atom is 0.422 e. The lowest BCUT2D eigenvalue weighted by molar-refractivity contribution is -0.154. The quantitative estimate of drug-likeness (QED) is 0.673. The van der Waals surface area contributed by atoms with Gasteiger partial charge in [0.05, 0.1) is 6.54 Å². The zero-order valence-corrected chi connectivity index (χ0v) is 16.6. The second-order valence-corrected chi connectivity index (χ2v) is 8.01. The van der Waals surface area contributed by atoms with Gasteiger partial charge in [-0.2, -0.15) is 13.2 Å². The molecule has 6 nitrogen and oxygen atoms in total. The summed E-state index contributed by atoms with van der Waals surface area (Å²) in [6, 6.07) is 6.91. The number of hydrogen-bond acceptors (Lipinski definition) is 4. The van der Waals surface area contributed by atoms with E-state index in [0.717, 1.165) is 30.8 Å². The Morgan fingerprint density at radius 3 is 2.77 bits per heavy atom. The van der Waals surface area contributed by atoms with Crippen molar-refractivity contribution in [1.29, 1.82) is 0 Å². The largest absolute Gasteiger partial charge is 0.468 e. The van der Waals surface area contributed by atoms with Crippen LogP contribution in [0.1, 0.15) is 49.2 Å². The van der Waals surface area contributed by atoms with Gasteiger partial charge in [-0.05, 0) is 43.4 Å². The fourth-order valence-electron chi connectivity index (χ4n) is 3.43. The molecule has 9 heteroatoms. The van der Waals surface area contributed by atoms with Crippen molar-refractivity contribution < 1.29 is 27.1 Å². The maximum absolute atomic E-state index is 12.8. The number of carbonyl (C=O) groups is 1. The predicted octanol–water partition coefficient (Wildman–Crippen LogP) is 4.61. The van der Waals surface area contributed by atoms with E-state index in [4.69, 9.17) is 9.15 Å². The van der Waals surface area contributed by atoms with E-state index in [1.165, 1.54) is 6.20 Å². The number of furan rings is 1. The zero-order chi connectivity index (χ0) is 21.3. The van der Waals surface area contributed by atoms with Gasteiger partial charge in [-0.15, -0.1) is 0 Å². The molecule has 30 heavy (non-hydrogen) atoms. The van der Waals surface area contributed by atoms with E-state index < -0.39 is 12.8 Å². The lowest BCUT2D eigenvalue weighted by Gasteiger charge is -2.22. The summed E-state index contributed by atoms with van der Waals surface area (Å²) in [5.74, 6) is 2.68. The third kappa shape index (κ3) is 5.25. The SMILES string of the molecule is CC1CC1c1ccc(CN(C(=O)NCc2cccnc2OCC(F)(F)F)C2CC2)o1. The van der Waals surface area contributed by atoms with E-state index >= 15 is 0 Å². The van der Waals surface area contributed by atoms with Gasteiger partial charge < -0.3 is 19.4 Å². The van der Waals surface area contributed by atoms with Crippen molar-refractivity contribution in [1.82, 2.24) is 15.2 Å². The molecule has 2 fully saturated rings. The van der Waals surface area contributed by atoms with Crippen LogP contribution in [-0.2, 0) is 13.1 Å². The Labute approximate surface area is 172 Å². The van der Waals surface area contributed by atoms with Crippen LogP contribution in [0, 0.1) is 5.92 Å². The number of aromatic nitrogens is 1. The molecular formula is C21H24F3N3O3. The Kier molecular flexibility index (Phi) is 5.62. The Bertz CT molecular complexity index is 895. The number of hydrogen-bond donors (Lipinski definition) is 1. The Morgan fingerprint density at radius 2 is 2.10 bits per heavy atom.